The summed E-state index contributed by atoms with van der Waals surface area (Å²) in [5, 5.41) is 67.0. The highest BCUT2D eigenvalue weighted by atomic mass is 16.7. The summed E-state index contributed by atoms with van der Waals surface area (Å²) in [7, 11) is 7.05. The molecule has 6 rings (SSSR count). The third-order valence-corrected chi connectivity index (χ3v) is 16.6. The molecule has 0 saturated carbocycles. The van der Waals surface area contributed by atoms with Crippen molar-refractivity contribution in [3.63, 3.8) is 0 Å². The maximum atomic E-state index is 14.5. The zero-order valence-corrected chi connectivity index (χ0v) is 47.0. The van der Waals surface area contributed by atoms with E-state index in [0.29, 0.717) is 38.2 Å². The number of aliphatic hydroxyl groups is 5. The minimum Gasteiger partial charge on any atom is -0.481 e. The summed E-state index contributed by atoms with van der Waals surface area (Å²) in [5.41, 5.74) is -0.517. The molecule has 3 aromatic rings. The van der Waals surface area contributed by atoms with Crippen molar-refractivity contribution >= 4 is 5.97 Å². The largest absolute Gasteiger partial charge is 0.481 e. The molecule has 0 amide bonds. The Morgan fingerprint density at radius 1 is 0.907 bits per heavy atom. The summed E-state index contributed by atoms with van der Waals surface area (Å²) in [6, 6.07) is 11.2. The standard InChI is InChI=1S/C56H90N6O13/c1-15-45-56(10,68)50(64)37(6)61(12)30-33(2)27-54(8,67)52(35(4)49(36(5)53(66)73-45)74-48-28-55(9,70-14)51(65)38(7)72-48)75-47-26-43(24-34(3)71-47)60(11)23-22-42-31-62(59-58-42)44(32-63)25-39-16-18-40(19-17-39)41-20-21-46(69-13)57-29-41/h16-21,29,31,33-38,43-45,47-52,63-65,67-68H,15,22-28,30,32H2,1-14H3/t33-,34-,35+,36-,37-,38+,43+,44+,45-,47+,48+,49+,50-,51+,52-,54-,55-,56-/m1/s1. The first-order valence-electron chi connectivity index (χ1n) is 27.0. The van der Waals surface area contributed by atoms with E-state index in [-0.39, 0.29) is 50.0 Å². The van der Waals surface area contributed by atoms with Crippen molar-refractivity contribution in [1.82, 2.24) is 29.8 Å². The fraction of sp³-hybridized carbons (Fsp3) is 0.750. The lowest BCUT2D eigenvalue weighted by Crippen LogP contribution is -2.59. The lowest BCUT2D eigenvalue weighted by Gasteiger charge is -2.48. The molecular weight excluding hydrogens is 965 g/mol. The number of pyridine rings is 1. The number of carbonyl (C=O) groups excluding carboxylic acids is 1. The first-order valence-corrected chi connectivity index (χ1v) is 27.0. The van der Waals surface area contributed by atoms with Gasteiger partial charge >= 0.3 is 5.97 Å². The summed E-state index contributed by atoms with van der Waals surface area (Å²) >= 11 is 0. The Labute approximate surface area is 445 Å². The number of esters is 1. The number of ether oxygens (including phenoxy) is 7. The van der Waals surface area contributed by atoms with Gasteiger partial charge in [0, 0.05) is 81.5 Å². The summed E-state index contributed by atoms with van der Waals surface area (Å²) in [4.78, 5) is 23.1. The van der Waals surface area contributed by atoms with Gasteiger partial charge in [-0.3, -0.25) is 4.79 Å². The molecule has 3 aliphatic heterocycles. The first-order chi connectivity index (χ1) is 35.3. The van der Waals surface area contributed by atoms with Crippen LogP contribution in [0.2, 0.25) is 0 Å². The van der Waals surface area contributed by atoms with E-state index in [9.17, 15) is 30.3 Å². The predicted molar refractivity (Wildman–Crippen MR) is 282 cm³/mol. The number of likely N-dealkylation sites (N-methyl/N-ethyl adjacent to an activating group) is 2. The Bertz CT molecular complexity index is 2230. The van der Waals surface area contributed by atoms with Crippen LogP contribution in [-0.2, 0) is 46.1 Å². The van der Waals surface area contributed by atoms with Crippen LogP contribution in [0.25, 0.3) is 11.1 Å². The van der Waals surface area contributed by atoms with Crippen LogP contribution in [0.15, 0.2) is 48.8 Å². The second kappa shape index (κ2) is 25.8. The van der Waals surface area contributed by atoms with Crippen molar-refractivity contribution < 1.29 is 63.5 Å². The van der Waals surface area contributed by atoms with Gasteiger partial charge in [-0.1, -0.05) is 50.3 Å². The van der Waals surface area contributed by atoms with Crippen LogP contribution in [0.5, 0.6) is 5.88 Å². The molecule has 0 unspecified atom stereocenters. The minimum atomic E-state index is -1.81. The third-order valence-electron chi connectivity index (χ3n) is 16.6. The average molecular weight is 1060 g/mol. The lowest BCUT2D eigenvalue weighted by atomic mass is 9.77. The summed E-state index contributed by atoms with van der Waals surface area (Å²) in [5.74, 6) is -1.96. The van der Waals surface area contributed by atoms with Crippen LogP contribution in [-0.4, -0.2) is 193 Å². The maximum Gasteiger partial charge on any atom is 0.311 e. The number of aliphatic hydroxyl groups excluding tert-OH is 3. The molecule has 422 valence electrons. The van der Waals surface area contributed by atoms with Crippen molar-refractivity contribution in [2.45, 2.75) is 204 Å². The molecule has 18 atom stereocenters. The van der Waals surface area contributed by atoms with Gasteiger partial charge in [0.2, 0.25) is 5.88 Å². The number of rotatable bonds is 16. The number of methoxy groups -OCH3 is 2. The van der Waals surface area contributed by atoms with Crippen LogP contribution in [0.1, 0.15) is 119 Å². The van der Waals surface area contributed by atoms with E-state index < -0.39 is 89.9 Å². The van der Waals surface area contributed by atoms with E-state index in [0.717, 1.165) is 28.8 Å². The second-order valence-corrected chi connectivity index (χ2v) is 22.8. The minimum absolute atomic E-state index is 0.0219. The van der Waals surface area contributed by atoms with Gasteiger partial charge in [0.15, 0.2) is 12.6 Å². The number of aromatic nitrogens is 4. The SMILES string of the molecule is CC[C@H]1OC(=O)[C@H](C)[C@@H](O[C@H]2C[C@@](C)(OC)[C@@H](O)[C@H](C)O2)[C@H](C)[C@@H](O[C@H]2C[C@@H](N(C)CCc3cn([C@H](CO)Cc4ccc(-c5ccc(OC)nc5)cc4)nn3)C[C@@H](C)O2)[C@](C)(O)C[C@@H](C)CN(C)[C@H](C)[C@@H](O)[C@]1(C)O. The van der Waals surface area contributed by atoms with Crippen molar-refractivity contribution in [3.05, 3.63) is 60.0 Å². The number of nitrogens with zero attached hydrogens (tertiary/aromatic N) is 6. The van der Waals surface area contributed by atoms with E-state index in [1.807, 2.05) is 82.2 Å². The van der Waals surface area contributed by atoms with Crippen LogP contribution in [0.3, 0.4) is 0 Å². The average Bonchev–Trinajstić information content (AvgIpc) is 3.86. The van der Waals surface area contributed by atoms with Gasteiger partial charge in [-0.25, -0.2) is 9.67 Å². The molecule has 1 aromatic carbocycles. The van der Waals surface area contributed by atoms with E-state index in [4.69, 9.17) is 33.2 Å². The van der Waals surface area contributed by atoms with Gasteiger partial charge in [0.05, 0.1) is 67.0 Å². The third kappa shape index (κ3) is 14.7. The number of cyclic esters (lactones) is 1. The Kier molecular flexibility index (Phi) is 20.9. The Balaban J connectivity index is 1.21. The quantitative estimate of drug-likeness (QED) is 0.119. The van der Waals surface area contributed by atoms with E-state index in [2.05, 4.69) is 27.2 Å². The molecule has 5 N–H and O–H groups in total. The van der Waals surface area contributed by atoms with E-state index in [1.165, 1.54) is 14.0 Å². The van der Waals surface area contributed by atoms with Gasteiger partial charge < -0.3 is 68.5 Å². The molecule has 2 aromatic heterocycles. The molecule has 0 bridgehead atoms. The van der Waals surface area contributed by atoms with Crippen LogP contribution < -0.4 is 4.74 Å². The molecule has 0 aliphatic carbocycles. The first kappa shape index (κ1) is 60.5. The number of hydrogen-bond acceptors (Lipinski definition) is 18. The summed E-state index contributed by atoms with van der Waals surface area (Å²) in [6.07, 6.45) is -1.19. The van der Waals surface area contributed by atoms with Crippen molar-refractivity contribution in [3.8, 4) is 17.0 Å². The fourth-order valence-electron chi connectivity index (χ4n) is 11.7. The zero-order valence-electron chi connectivity index (χ0n) is 47.0. The number of carbonyl (C=O) groups is 1. The molecule has 3 saturated heterocycles. The lowest BCUT2D eigenvalue weighted by molar-refractivity contribution is -0.308. The Morgan fingerprint density at radius 2 is 1.60 bits per heavy atom. The van der Waals surface area contributed by atoms with E-state index in [1.54, 1.807) is 52.6 Å². The van der Waals surface area contributed by atoms with Crippen LogP contribution >= 0.6 is 0 Å². The zero-order chi connectivity index (χ0) is 55.2. The van der Waals surface area contributed by atoms with Gasteiger partial charge in [0.25, 0.3) is 0 Å². The maximum absolute atomic E-state index is 14.5. The molecule has 19 heteroatoms. The summed E-state index contributed by atoms with van der Waals surface area (Å²) in [6.45, 7) is 19.0. The van der Waals surface area contributed by atoms with Crippen molar-refractivity contribution in [2.75, 3.05) is 48.0 Å². The molecule has 0 radical (unpaired) electrons. The second-order valence-electron chi connectivity index (χ2n) is 22.8. The highest BCUT2D eigenvalue weighted by molar-refractivity contribution is 5.73. The monoisotopic (exact) mass is 1050 g/mol. The highest BCUT2D eigenvalue weighted by Crippen LogP contribution is 2.40. The molecule has 5 heterocycles. The topological polar surface area (TPSA) is 233 Å². The molecule has 3 fully saturated rings. The van der Waals surface area contributed by atoms with Gasteiger partial charge in [0.1, 0.15) is 23.9 Å². The Hall–Kier alpha value is -3.70. The van der Waals surface area contributed by atoms with E-state index >= 15 is 0 Å². The number of benzene rings is 1. The number of hydrogen-bond donors (Lipinski definition) is 5. The van der Waals surface area contributed by atoms with Gasteiger partial charge in [-0.15, -0.1) is 5.10 Å². The molecule has 0 spiro atoms. The normalized spacial score (nSPS) is 37.4. The van der Waals surface area contributed by atoms with Gasteiger partial charge in [-0.2, -0.15) is 0 Å². The summed E-state index contributed by atoms with van der Waals surface area (Å²) < 4.78 is 45.7. The fourth-order valence-corrected chi connectivity index (χ4v) is 11.7. The van der Waals surface area contributed by atoms with Crippen molar-refractivity contribution in [1.29, 1.82) is 0 Å². The van der Waals surface area contributed by atoms with Crippen LogP contribution in [0.4, 0.5) is 0 Å². The van der Waals surface area contributed by atoms with Crippen LogP contribution in [0, 0.1) is 17.8 Å². The molecular formula is C56H90N6O13. The molecule has 3 aliphatic rings. The van der Waals surface area contributed by atoms with Crippen molar-refractivity contribution in [2.24, 2.45) is 17.8 Å². The smallest absolute Gasteiger partial charge is 0.311 e. The molecule has 75 heavy (non-hydrogen) atoms. The molecule has 19 nitrogen and oxygen atoms in total. The predicted octanol–water partition coefficient (Wildman–Crippen LogP) is 4.98. The van der Waals surface area contributed by atoms with Gasteiger partial charge in [-0.05, 0) is 111 Å². The Morgan fingerprint density at radius 3 is 2.23 bits per heavy atom. The highest BCUT2D eigenvalue weighted by Gasteiger charge is 2.52.